The maximum absolute atomic E-state index is 12.9. The van der Waals surface area contributed by atoms with Crippen LogP contribution in [0, 0.1) is 5.92 Å². The number of carbonyl (C=O) groups excluding carboxylic acids is 2. The van der Waals surface area contributed by atoms with Gasteiger partial charge in [-0.3, -0.25) is 9.59 Å². The van der Waals surface area contributed by atoms with Crippen molar-refractivity contribution in [3.8, 4) is 11.4 Å². The highest BCUT2D eigenvalue weighted by atomic mass is 32.2. The molecule has 1 aromatic heterocycles. The number of methoxy groups -OCH3 is 1. The van der Waals surface area contributed by atoms with Gasteiger partial charge in [-0.05, 0) is 61.2 Å². The Morgan fingerprint density at radius 3 is 2.57 bits per heavy atom. The third-order valence-electron chi connectivity index (χ3n) is 6.21. The summed E-state index contributed by atoms with van der Waals surface area (Å²) in [7, 11) is 1.63. The molecule has 184 valence electrons. The zero-order valence-electron chi connectivity index (χ0n) is 20.0. The molecule has 2 aromatic carbocycles. The van der Waals surface area contributed by atoms with E-state index in [9.17, 15) is 9.59 Å². The first-order valence-electron chi connectivity index (χ1n) is 12.1. The number of hydrogen-bond donors (Lipinski definition) is 2. The summed E-state index contributed by atoms with van der Waals surface area (Å²) >= 11 is 1.39. The molecule has 0 radical (unpaired) electrons. The molecule has 2 amide bonds. The van der Waals surface area contributed by atoms with Gasteiger partial charge in [0.15, 0.2) is 0 Å². The number of amides is 2. The molecule has 0 unspecified atom stereocenters. The highest BCUT2D eigenvalue weighted by Crippen LogP contribution is 2.24. The molecule has 1 aliphatic carbocycles. The minimum Gasteiger partial charge on any atom is -0.497 e. The lowest BCUT2D eigenvalue weighted by Gasteiger charge is -2.21. The van der Waals surface area contributed by atoms with E-state index in [1.165, 1.54) is 43.9 Å². The van der Waals surface area contributed by atoms with Crippen LogP contribution in [0.5, 0.6) is 5.75 Å². The van der Waals surface area contributed by atoms with Gasteiger partial charge in [-0.15, -0.1) is 11.8 Å². The van der Waals surface area contributed by atoms with E-state index in [1.54, 1.807) is 17.9 Å². The fourth-order valence-corrected chi connectivity index (χ4v) is 5.10. The van der Waals surface area contributed by atoms with Crippen molar-refractivity contribution < 1.29 is 14.3 Å². The number of nitrogens with zero attached hydrogens (tertiary/aromatic N) is 2. The normalized spacial score (nSPS) is 13.9. The average Bonchev–Trinajstić information content (AvgIpc) is 3.39. The zero-order valence-corrected chi connectivity index (χ0v) is 20.9. The van der Waals surface area contributed by atoms with Crippen molar-refractivity contribution in [3.05, 3.63) is 72.1 Å². The van der Waals surface area contributed by atoms with Gasteiger partial charge in [0.2, 0.25) is 5.91 Å². The van der Waals surface area contributed by atoms with Crippen LogP contribution < -0.4 is 15.4 Å². The Kier molecular flexibility index (Phi) is 8.84. The SMILES string of the molecule is COc1ccc(-n2ccc(CNC(=O)c3ccccc3SCC(=O)NCC3CCCCC3)n2)cc1. The standard InChI is InChI=1S/C27H32N4O3S/c1-34-23-13-11-22(12-14-23)31-16-15-21(30-31)18-29-27(33)24-9-5-6-10-25(24)35-19-26(32)28-17-20-7-3-2-4-8-20/h5-6,9-16,20H,2-4,7-8,17-19H2,1H3,(H,28,32)(H,29,33). The maximum Gasteiger partial charge on any atom is 0.252 e. The minimum absolute atomic E-state index is 0.0138. The highest BCUT2D eigenvalue weighted by molar-refractivity contribution is 8.00. The van der Waals surface area contributed by atoms with E-state index in [-0.39, 0.29) is 11.8 Å². The Balaban J connectivity index is 1.28. The topological polar surface area (TPSA) is 85.2 Å². The van der Waals surface area contributed by atoms with Gasteiger partial charge in [0.25, 0.3) is 5.91 Å². The Morgan fingerprint density at radius 1 is 1.03 bits per heavy atom. The molecule has 4 rings (SSSR count). The minimum atomic E-state index is -0.185. The number of benzene rings is 2. The second-order valence-electron chi connectivity index (χ2n) is 8.73. The molecule has 2 N–H and O–H groups in total. The predicted octanol–water partition coefficient (Wildman–Crippen LogP) is 4.60. The van der Waals surface area contributed by atoms with E-state index >= 15 is 0 Å². The third kappa shape index (κ3) is 7.11. The number of rotatable bonds is 10. The van der Waals surface area contributed by atoms with Gasteiger partial charge in [0.05, 0.1) is 36.4 Å². The van der Waals surface area contributed by atoms with Crippen LogP contribution in [-0.4, -0.2) is 41.0 Å². The summed E-state index contributed by atoms with van der Waals surface area (Å²) in [6.45, 7) is 1.06. The molecule has 8 heteroatoms. The van der Waals surface area contributed by atoms with Crippen LogP contribution in [0.25, 0.3) is 5.69 Å². The smallest absolute Gasteiger partial charge is 0.252 e. The highest BCUT2D eigenvalue weighted by Gasteiger charge is 2.16. The largest absolute Gasteiger partial charge is 0.497 e. The van der Waals surface area contributed by atoms with Crippen molar-refractivity contribution in [2.24, 2.45) is 5.92 Å². The number of carbonyl (C=O) groups is 2. The summed E-state index contributed by atoms with van der Waals surface area (Å²) in [5.41, 5.74) is 2.22. The fraction of sp³-hybridized carbons (Fsp3) is 0.370. The molecule has 3 aromatic rings. The average molecular weight is 493 g/mol. The molecule has 1 heterocycles. The number of ether oxygens (including phenoxy) is 1. The molecule has 0 atom stereocenters. The van der Waals surface area contributed by atoms with Gasteiger partial charge in [-0.2, -0.15) is 5.10 Å². The summed E-state index contributed by atoms with van der Waals surface area (Å²) in [6, 6.07) is 16.9. The molecule has 7 nitrogen and oxygen atoms in total. The molecular formula is C27H32N4O3S. The second kappa shape index (κ2) is 12.4. The lowest BCUT2D eigenvalue weighted by Crippen LogP contribution is -2.31. The molecule has 0 spiro atoms. The van der Waals surface area contributed by atoms with E-state index in [0.29, 0.717) is 23.8 Å². The Labute approximate surface area is 210 Å². The third-order valence-corrected chi connectivity index (χ3v) is 7.29. The lowest BCUT2D eigenvalue weighted by atomic mass is 9.89. The molecule has 0 aliphatic heterocycles. The fourth-order valence-electron chi connectivity index (χ4n) is 4.22. The first-order chi connectivity index (χ1) is 17.1. The summed E-state index contributed by atoms with van der Waals surface area (Å²) in [5.74, 6) is 1.51. The van der Waals surface area contributed by atoms with Gasteiger partial charge in [-0.1, -0.05) is 31.4 Å². The van der Waals surface area contributed by atoms with Crippen LogP contribution in [0.4, 0.5) is 0 Å². The Morgan fingerprint density at radius 2 is 1.80 bits per heavy atom. The maximum atomic E-state index is 12.9. The van der Waals surface area contributed by atoms with Crippen LogP contribution in [0.15, 0.2) is 65.7 Å². The Bertz CT molecular complexity index is 1120. The van der Waals surface area contributed by atoms with E-state index < -0.39 is 0 Å². The van der Waals surface area contributed by atoms with Crippen molar-refractivity contribution in [2.75, 3.05) is 19.4 Å². The van der Waals surface area contributed by atoms with Crippen LogP contribution in [-0.2, 0) is 11.3 Å². The van der Waals surface area contributed by atoms with Crippen LogP contribution in [0.3, 0.4) is 0 Å². The quantitative estimate of drug-likeness (QED) is 0.404. The van der Waals surface area contributed by atoms with E-state index in [0.717, 1.165) is 28.6 Å². The van der Waals surface area contributed by atoms with E-state index in [1.807, 2.05) is 54.7 Å². The first kappa shape index (κ1) is 24.9. The number of nitrogens with one attached hydrogen (secondary N) is 2. The second-order valence-corrected chi connectivity index (χ2v) is 9.74. The summed E-state index contributed by atoms with van der Waals surface area (Å²) < 4.78 is 6.95. The molecule has 1 fully saturated rings. The molecular weight excluding hydrogens is 460 g/mol. The van der Waals surface area contributed by atoms with Crippen molar-refractivity contribution in [1.29, 1.82) is 0 Å². The molecule has 0 bridgehead atoms. The number of thioether (sulfide) groups is 1. The monoisotopic (exact) mass is 492 g/mol. The summed E-state index contributed by atoms with van der Waals surface area (Å²) in [6.07, 6.45) is 8.10. The summed E-state index contributed by atoms with van der Waals surface area (Å²) in [4.78, 5) is 26.0. The van der Waals surface area contributed by atoms with Crippen LogP contribution in [0.1, 0.15) is 48.2 Å². The van der Waals surface area contributed by atoms with Gasteiger partial charge >= 0.3 is 0 Å². The molecule has 1 saturated carbocycles. The van der Waals surface area contributed by atoms with Crippen LogP contribution >= 0.6 is 11.8 Å². The number of aromatic nitrogens is 2. The predicted molar refractivity (Wildman–Crippen MR) is 138 cm³/mol. The van der Waals surface area contributed by atoms with Crippen LogP contribution in [0.2, 0.25) is 0 Å². The first-order valence-corrected chi connectivity index (χ1v) is 13.1. The molecule has 1 aliphatic rings. The Hall–Kier alpha value is -3.26. The number of hydrogen-bond acceptors (Lipinski definition) is 5. The van der Waals surface area contributed by atoms with Crippen molar-refractivity contribution >= 4 is 23.6 Å². The van der Waals surface area contributed by atoms with Gasteiger partial charge in [-0.25, -0.2) is 4.68 Å². The van der Waals surface area contributed by atoms with Crippen molar-refractivity contribution in [2.45, 2.75) is 43.5 Å². The lowest BCUT2D eigenvalue weighted by molar-refractivity contribution is -0.118. The molecule has 35 heavy (non-hydrogen) atoms. The summed E-state index contributed by atoms with van der Waals surface area (Å²) in [5, 5.41) is 10.6. The van der Waals surface area contributed by atoms with Crippen molar-refractivity contribution in [3.63, 3.8) is 0 Å². The van der Waals surface area contributed by atoms with Gasteiger partial charge < -0.3 is 15.4 Å². The molecule has 0 saturated heterocycles. The van der Waals surface area contributed by atoms with Gasteiger partial charge in [0.1, 0.15) is 5.75 Å². The van der Waals surface area contributed by atoms with Gasteiger partial charge in [0, 0.05) is 17.6 Å². The van der Waals surface area contributed by atoms with E-state index in [2.05, 4.69) is 15.7 Å². The van der Waals surface area contributed by atoms with E-state index in [4.69, 9.17) is 4.74 Å². The van der Waals surface area contributed by atoms with Crippen molar-refractivity contribution in [1.82, 2.24) is 20.4 Å². The zero-order chi connectivity index (χ0) is 24.5.